The normalized spacial score (nSPS) is 31.0. The molecule has 4 nitrogen and oxygen atoms in total. The molecule has 0 aromatic rings. The molecule has 0 saturated carbocycles. The Balaban J connectivity index is 2.61. The van der Waals surface area contributed by atoms with Crippen LogP contribution in [0.1, 0.15) is 34.1 Å². The van der Waals surface area contributed by atoms with Crippen LogP contribution in [0.4, 0.5) is 0 Å². The number of ether oxygens (including phenoxy) is 1. The molecule has 0 aromatic carbocycles. The Morgan fingerprint density at radius 1 is 1.44 bits per heavy atom. The number of carboxylic acids is 1. The lowest BCUT2D eigenvalue weighted by atomic mass is 9.86. The van der Waals surface area contributed by atoms with Crippen LogP contribution in [0, 0.1) is 5.41 Å². The van der Waals surface area contributed by atoms with Crippen LogP contribution in [0.25, 0.3) is 0 Å². The van der Waals surface area contributed by atoms with E-state index in [1.165, 1.54) is 0 Å². The van der Waals surface area contributed by atoms with E-state index in [4.69, 9.17) is 4.74 Å². The molecule has 1 N–H and O–H groups in total. The first-order chi connectivity index (χ1) is 7.37. The highest BCUT2D eigenvalue weighted by molar-refractivity contribution is 5.74. The first-order valence-electron chi connectivity index (χ1n) is 5.98. The summed E-state index contributed by atoms with van der Waals surface area (Å²) in [4.78, 5) is 13.4. The maximum absolute atomic E-state index is 11.2. The molecule has 3 unspecified atom stereocenters. The van der Waals surface area contributed by atoms with Crippen molar-refractivity contribution in [2.24, 2.45) is 5.41 Å². The minimum Gasteiger partial charge on any atom is -0.481 e. The zero-order chi connectivity index (χ0) is 12.3. The van der Waals surface area contributed by atoms with Crippen LogP contribution in [0.5, 0.6) is 0 Å². The number of hydrogen-bond donors (Lipinski definition) is 1. The predicted molar refractivity (Wildman–Crippen MR) is 62.5 cm³/mol. The van der Waals surface area contributed by atoms with Gasteiger partial charge in [-0.25, -0.2) is 0 Å². The third-order valence-electron chi connectivity index (χ3n) is 3.36. The van der Waals surface area contributed by atoms with Gasteiger partial charge in [-0.3, -0.25) is 9.69 Å². The van der Waals surface area contributed by atoms with Gasteiger partial charge in [0.1, 0.15) is 0 Å². The first-order valence-corrected chi connectivity index (χ1v) is 5.98. The highest BCUT2D eigenvalue weighted by atomic mass is 16.5. The average Bonchev–Trinajstić information content (AvgIpc) is 2.15. The second-order valence-electron chi connectivity index (χ2n) is 5.17. The van der Waals surface area contributed by atoms with Gasteiger partial charge in [0, 0.05) is 19.6 Å². The van der Waals surface area contributed by atoms with E-state index in [0.29, 0.717) is 13.0 Å². The largest absolute Gasteiger partial charge is 0.481 e. The number of morpholine rings is 1. The molecule has 0 radical (unpaired) electrons. The predicted octanol–water partition coefficient (Wildman–Crippen LogP) is 1.60. The van der Waals surface area contributed by atoms with Gasteiger partial charge < -0.3 is 9.84 Å². The minimum atomic E-state index is -0.707. The fraction of sp³-hybridized carbons (Fsp3) is 0.917. The van der Waals surface area contributed by atoms with E-state index in [1.807, 2.05) is 27.7 Å². The van der Waals surface area contributed by atoms with Gasteiger partial charge in [0.25, 0.3) is 0 Å². The summed E-state index contributed by atoms with van der Waals surface area (Å²) >= 11 is 0. The smallest absolute Gasteiger partial charge is 0.310 e. The van der Waals surface area contributed by atoms with Crippen LogP contribution in [0.2, 0.25) is 0 Å². The molecule has 1 rings (SSSR count). The third-order valence-corrected chi connectivity index (χ3v) is 3.36. The summed E-state index contributed by atoms with van der Waals surface area (Å²) < 4.78 is 5.64. The molecule has 1 saturated heterocycles. The van der Waals surface area contributed by atoms with E-state index in [1.54, 1.807) is 0 Å². The number of carboxylic acid groups (broad SMARTS) is 1. The highest BCUT2D eigenvalue weighted by Crippen LogP contribution is 2.24. The maximum atomic E-state index is 11.2. The molecule has 0 spiro atoms. The SMILES string of the molecule is CCC(C)(CN1CC(C)OC(C)C1)C(=O)O. The van der Waals surface area contributed by atoms with Gasteiger partial charge in [-0.1, -0.05) is 6.92 Å². The Kier molecular flexibility index (Phi) is 4.33. The lowest BCUT2D eigenvalue weighted by Gasteiger charge is -2.39. The highest BCUT2D eigenvalue weighted by Gasteiger charge is 2.35. The first kappa shape index (κ1) is 13.5. The van der Waals surface area contributed by atoms with E-state index in [-0.39, 0.29) is 12.2 Å². The summed E-state index contributed by atoms with van der Waals surface area (Å²) in [5, 5.41) is 9.24. The van der Waals surface area contributed by atoms with Crippen molar-refractivity contribution in [2.45, 2.75) is 46.3 Å². The van der Waals surface area contributed by atoms with E-state index in [2.05, 4.69) is 4.90 Å². The van der Waals surface area contributed by atoms with Crippen LogP contribution >= 0.6 is 0 Å². The molecular weight excluding hydrogens is 206 g/mol. The van der Waals surface area contributed by atoms with Gasteiger partial charge in [0.05, 0.1) is 17.6 Å². The Morgan fingerprint density at radius 3 is 2.31 bits per heavy atom. The molecule has 0 amide bonds. The molecule has 1 aliphatic heterocycles. The fourth-order valence-corrected chi connectivity index (χ4v) is 2.24. The van der Waals surface area contributed by atoms with Crippen molar-refractivity contribution < 1.29 is 14.6 Å². The summed E-state index contributed by atoms with van der Waals surface area (Å²) in [6.07, 6.45) is 1.04. The van der Waals surface area contributed by atoms with Gasteiger partial charge in [0.2, 0.25) is 0 Å². The van der Waals surface area contributed by atoms with E-state index in [9.17, 15) is 9.90 Å². The number of nitrogens with zero attached hydrogens (tertiary/aromatic N) is 1. The number of hydrogen-bond acceptors (Lipinski definition) is 3. The lowest BCUT2D eigenvalue weighted by molar-refractivity contribution is -0.151. The zero-order valence-corrected chi connectivity index (χ0v) is 10.7. The second-order valence-corrected chi connectivity index (χ2v) is 5.17. The zero-order valence-electron chi connectivity index (χ0n) is 10.7. The van der Waals surface area contributed by atoms with Crippen molar-refractivity contribution in [3.8, 4) is 0 Å². The van der Waals surface area contributed by atoms with Crippen molar-refractivity contribution in [1.82, 2.24) is 4.90 Å². The molecule has 0 aliphatic carbocycles. The van der Waals surface area contributed by atoms with Crippen LogP contribution in [-0.2, 0) is 9.53 Å². The van der Waals surface area contributed by atoms with Crippen molar-refractivity contribution >= 4 is 5.97 Å². The molecule has 1 fully saturated rings. The quantitative estimate of drug-likeness (QED) is 0.795. The number of aliphatic carboxylic acids is 1. The minimum absolute atomic E-state index is 0.193. The second kappa shape index (κ2) is 5.15. The summed E-state index contributed by atoms with van der Waals surface area (Å²) in [7, 11) is 0. The Labute approximate surface area is 97.6 Å². The third kappa shape index (κ3) is 3.19. The monoisotopic (exact) mass is 229 g/mol. The fourth-order valence-electron chi connectivity index (χ4n) is 2.24. The molecule has 0 aromatic heterocycles. The summed E-state index contributed by atoms with van der Waals surface area (Å²) in [5.74, 6) is -0.707. The summed E-state index contributed by atoms with van der Waals surface area (Å²) in [5.41, 5.74) is -0.642. The van der Waals surface area contributed by atoms with E-state index in [0.717, 1.165) is 13.1 Å². The lowest BCUT2D eigenvalue weighted by Crippen LogP contribution is -2.50. The van der Waals surface area contributed by atoms with E-state index >= 15 is 0 Å². The number of rotatable bonds is 4. The molecule has 1 heterocycles. The van der Waals surface area contributed by atoms with Crippen LogP contribution in [-0.4, -0.2) is 47.8 Å². The van der Waals surface area contributed by atoms with Crippen molar-refractivity contribution in [1.29, 1.82) is 0 Å². The average molecular weight is 229 g/mol. The van der Waals surface area contributed by atoms with Gasteiger partial charge >= 0.3 is 5.97 Å². The molecule has 3 atom stereocenters. The molecule has 16 heavy (non-hydrogen) atoms. The molecule has 1 aliphatic rings. The van der Waals surface area contributed by atoms with Crippen molar-refractivity contribution in [3.05, 3.63) is 0 Å². The Morgan fingerprint density at radius 2 is 1.94 bits per heavy atom. The maximum Gasteiger partial charge on any atom is 0.310 e. The standard InChI is InChI=1S/C12H23NO3/c1-5-12(4,11(14)15)8-13-6-9(2)16-10(3)7-13/h9-10H,5-8H2,1-4H3,(H,14,15). The van der Waals surface area contributed by atoms with Crippen molar-refractivity contribution in [2.75, 3.05) is 19.6 Å². The van der Waals surface area contributed by atoms with Gasteiger partial charge in [-0.2, -0.15) is 0 Å². The van der Waals surface area contributed by atoms with Crippen LogP contribution in [0.15, 0.2) is 0 Å². The summed E-state index contributed by atoms with van der Waals surface area (Å²) in [6.45, 7) is 10.1. The van der Waals surface area contributed by atoms with Gasteiger partial charge in [0.15, 0.2) is 0 Å². The van der Waals surface area contributed by atoms with Crippen LogP contribution in [0.3, 0.4) is 0 Å². The van der Waals surface area contributed by atoms with Crippen molar-refractivity contribution in [3.63, 3.8) is 0 Å². The van der Waals surface area contributed by atoms with Gasteiger partial charge in [-0.05, 0) is 27.2 Å². The molecule has 0 bridgehead atoms. The Hall–Kier alpha value is -0.610. The molecular formula is C12H23NO3. The van der Waals surface area contributed by atoms with Crippen LogP contribution < -0.4 is 0 Å². The molecule has 94 valence electrons. The van der Waals surface area contributed by atoms with E-state index < -0.39 is 11.4 Å². The molecule has 4 heteroatoms. The topological polar surface area (TPSA) is 49.8 Å². The van der Waals surface area contributed by atoms with Gasteiger partial charge in [-0.15, -0.1) is 0 Å². The number of carbonyl (C=O) groups is 1. The summed E-state index contributed by atoms with van der Waals surface area (Å²) in [6, 6.07) is 0. The Bertz CT molecular complexity index is 247.